The van der Waals surface area contributed by atoms with E-state index in [4.69, 9.17) is 18.9 Å². The maximum absolute atomic E-state index is 7.28. The second-order valence-corrected chi connectivity index (χ2v) is 17.4. The molecule has 0 N–H and O–H groups in total. The average Bonchev–Trinajstić information content (AvgIpc) is 3.56. The van der Waals surface area contributed by atoms with Gasteiger partial charge >= 0.3 is 0 Å². The SMILES string of the molecule is CCC1CCC(COC2CC(OC3CCC(CC)C3)C3CC(OC4CCC(CC)CC4)CC(OC4CCC(CC)CC4)C3C2)CC1. The summed E-state index contributed by atoms with van der Waals surface area (Å²) in [4.78, 5) is 0. The summed E-state index contributed by atoms with van der Waals surface area (Å²) >= 11 is 0. The summed E-state index contributed by atoms with van der Waals surface area (Å²) in [6.07, 6.45) is 32.2. The van der Waals surface area contributed by atoms with Crippen molar-refractivity contribution in [1.29, 1.82) is 0 Å². The molecule has 0 radical (unpaired) electrons. The van der Waals surface area contributed by atoms with Crippen LogP contribution >= 0.6 is 0 Å². The van der Waals surface area contributed by atoms with Crippen molar-refractivity contribution in [2.45, 2.75) is 218 Å². The molecule has 46 heavy (non-hydrogen) atoms. The largest absolute Gasteiger partial charge is 0.378 e. The third-order valence-electron chi connectivity index (χ3n) is 14.6. The van der Waals surface area contributed by atoms with E-state index in [1.54, 1.807) is 0 Å². The summed E-state index contributed by atoms with van der Waals surface area (Å²) in [5.41, 5.74) is 0. The van der Waals surface area contributed by atoms with Crippen molar-refractivity contribution in [2.75, 3.05) is 6.61 Å². The van der Waals surface area contributed by atoms with Crippen LogP contribution in [0.15, 0.2) is 0 Å². The van der Waals surface area contributed by atoms with Gasteiger partial charge in [0, 0.05) is 19.4 Å². The summed E-state index contributed by atoms with van der Waals surface area (Å²) in [6, 6.07) is 0. The summed E-state index contributed by atoms with van der Waals surface area (Å²) in [5.74, 6) is 5.47. The molecule has 0 bridgehead atoms. The molecule has 6 aliphatic carbocycles. The first-order chi connectivity index (χ1) is 22.5. The molecule has 6 rings (SSSR count). The number of hydrogen-bond donors (Lipinski definition) is 0. The average molecular weight is 643 g/mol. The zero-order chi connectivity index (χ0) is 31.9. The van der Waals surface area contributed by atoms with Crippen molar-refractivity contribution < 1.29 is 18.9 Å². The first kappa shape index (κ1) is 35.7. The van der Waals surface area contributed by atoms with Crippen molar-refractivity contribution in [1.82, 2.24) is 0 Å². The van der Waals surface area contributed by atoms with Gasteiger partial charge in [0.05, 0.1) is 42.7 Å². The normalized spacial score (nSPS) is 45.4. The Hall–Kier alpha value is -0.160. The highest BCUT2D eigenvalue weighted by molar-refractivity contribution is 4.99. The van der Waals surface area contributed by atoms with E-state index in [1.807, 2.05) is 0 Å². The van der Waals surface area contributed by atoms with Gasteiger partial charge in [-0.15, -0.1) is 0 Å². The number of fused-ring (bicyclic) bond motifs is 1. The first-order valence-corrected chi connectivity index (χ1v) is 21.1. The quantitative estimate of drug-likeness (QED) is 0.200. The molecule has 266 valence electrons. The Morgan fingerprint density at radius 3 is 1.30 bits per heavy atom. The van der Waals surface area contributed by atoms with E-state index in [2.05, 4.69) is 27.7 Å². The Morgan fingerprint density at radius 2 is 0.761 bits per heavy atom. The van der Waals surface area contributed by atoms with Crippen molar-refractivity contribution in [3.63, 3.8) is 0 Å². The van der Waals surface area contributed by atoms with Gasteiger partial charge in [-0.2, -0.15) is 0 Å². The molecule has 0 heterocycles. The Balaban J connectivity index is 1.15. The van der Waals surface area contributed by atoms with E-state index < -0.39 is 0 Å². The van der Waals surface area contributed by atoms with E-state index in [0.29, 0.717) is 54.6 Å². The maximum Gasteiger partial charge on any atom is 0.0636 e. The minimum absolute atomic E-state index is 0.295. The van der Waals surface area contributed by atoms with Crippen LogP contribution in [0.2, 0.25) is 0 Å². The highest BCUT2D eigenvalue weighted by Gasteiger charge is 2.49. The summed E-state index contributed by atoms with van der Waals surface area (Å²) in [7, 11) is 0. The molecular formula is C42H74O4. The van der Waals surface area contributed by atoms with Crippen LogP contribution in [0, 0.1) is 41.4 Å². The van der Waals surface area contributed by atoms with Gasteiger partial charge in [0.1, 0.15) is 0 Å². The highest BCUT2D eigenvalue weighted by Crippen LogP contribution is 2.48. The third-order valence-corrected chi connectivity index (χ3v) is 14.6. The molecule has 8 unspecified atom stereocenters. The van der Waals surface area contributed by atoms with Gasteiger partial charge < -0.3 is 18.9 Å². The summed E-state index contributed by atoms with van der Waals surface area (Å²) in [5, 5.41) is 0. The van der Waals surface area contributed by atoms with E-state index in [0.717, 1.165) is 49.0 Å². The molecule has 4 nitrogen and oxygen atoms in total. The second-order valence-electron chi connectivity index (χ2n) is 17.4. The van der Waals surface area contributed by atoms with Gasteiger partial charge in [0.15, 0.2) is 0 Å². The van der Waals surface area contributed by atoms with Crippen LogP contribution in [0.4, 0.5) is 0 Å². The van der Waals surface area contributed by atoms with E-state index in [-0.39, 0.29) is 0 Å². The first-order valence-electron chi connectivity index (χ1n) is 21.1. The molecule has 0 amide bonds. The van der Waals surface area contributed by atoms with Gasteiger partial charge in [-0.05, 0) is 138 Å². The van der Waals surface area contributed by atoms with Gasteiger partial charge in [-0.25, -0.2) is 0 Å². The molecule has 0 spiro atoms. The van der Waals surface area contributed by atoms with Crippen molar-refractivity contribution >= 4 is 0 Å². The monoisotopic (exact) mass is 643 g/mol. The Kier molecular flexibility index (Phi) is 13.7. The molecule has 0 aromatic rings. The summed E-state index contributed by atoms with van der Waals surface area (Å²) < 4.78 is 28.6. The zero-order valence-electron chi connectivity index (χ0n) is 30.7. The highest BCUT2D eigenvalue weighted by atomic mass is 16.5. The number of hydrogen-bond acceptors (Lipinski definition) is 4. The van der Waals surface area contributed by atoms with Crippen LogP contribution < -0.4 is 0 Å². The van der Waals surface area contributed by atoms with Gasteiger partial charge in [0.2, 0.25) is 0 Å². The van der Waals surface area contributed by atoms with Crippen LogP contribution in [0.1, 0.15) is 175 Å². The molecule has 0 saturated heterocycles. The van der Waals surface area contributed by atoms with Gasteiger partial charge in [0.25, 0.3) is 0 Å². The van der Waals surface area contributed by atoms with E-state index in [1.165, 1.54) is 135 Å². The fraction of sp³-hybridized carbons (Fsp3) is 1.00. The predicted octanol–water partition coefficient (Wildman–Crippen LogP) is 11.1. The smallest absolute Gasteiger partial charge is 0.0636 e. The van der Waals surface area contributed by atoms with E-state index in [9.17, 15) is 0 Å². The molecule has 0 aromatic heterocycles. The molecule has 6 fully saturated rings. The lowest BCUT2D eigenvalue weighted by Crippen LogP contribution is -2.53. The third kappa shape index (κ3) is 9.54. The van der Waals surface area contributed by atoms with E-state index >= 15 is 0 Å². The minimum Gasteiger partial charge on any atom is -0.378 e. The zero-order valence-corrected chi connectivity index (χ0v) is 30.7. The Bertz CT molecular complexity index is 854. The lowest BCUT2D eigenvalue weighted by molar-refractivity contribution is -0.198. The maximum atomic E-state index is 7.28. The number of ether oxygens (including phenoxy) is 4. The van der Waals surface area contributed by atoms with Crippen LogP contribution in [0.3, 0.4) is 0 Å². The number of rotatable bonds is 13. The van der Waals surface area contributed by atoms with Crippen LogP contribution in [0.25, 0.3) is 0 Å². The van der Waals surface area contributed by atoms with Crippen LogP contribution in [-0.2, 0) is 18.9 Å². The summed E-state index contributed by atoms with van der Waals surface area (Å²) in [6.45, 7) is 10.4. The minimum atomic E-state index is 0.295. The van der Waals surface area contributed by atoms with Crippen molar-refractivity contribution in [2.24, 2.45) is 41.4 Å². The van der Waals surface area contributed by atoms with Gasteiger partial charge in [-0.3, -0.25) is 0 Å². The fourth-order valence-electron chi connectivity index (χ4n) is 11.2. The van der Waals surface area contributed by atoms with Gasteiger partial charge in [-0.1, -0.05) is 66.2 Å². The van der Waals surface area contributed by atoms with Crippen LogP contribution in [-0.4, -0.2) is 49.3 Å². The molecule has 4 heteroatoms. The predicted molar refractivity (Wildman–Crippen MR) is 189 cm³/mol. The van der Waals surface area contributed by atoms with Crippen LogP contribution in [0.5, 0.6) is 0 Å². The molecule has 6 saturated carbocycles. The molecule has 6 aliphatic rings. The lowest BCUT2D eigenvalue weighted by atomic mass is 9.66. The molecular weight excluding hydrogens is 568 g/mol. The molecule has 0 aromatic carbocycles. The lowest BCUT2D eigenvalue weighted by Gasteiger charge is -2.51. The second kappa shape index (κ2) is 17.7. The molecule has 0 aliphatic heterocycles. The topological polar surface area (TPSA) is 36.9 Å². The Labute approximate surface area is 284 Å². The standard InChI is InChI=1S/C42H74O4/c1-5-29-9-11-33(12-10-29)28-43-37-24-39-40(41(26-37)46-36-22-17-32(8-4)23-36)25-38(44-34-18-13-30(6-2)14-19-34)27-42(39)45-35-20-15-31(7-3)16-21-35/h29-42H,5-28H2,1-4H3. The van der Waals surface area contributed by atoms with Crippen molar-refractivity contribution in [3.05, 3.63) is 0 Å². The van der Waals surface area contributed by atoms with Crippen molar-refractivity contribution in [3.8, 4) is 0 Å². The Morgan fingerprint density at radius 1 is 0.348 bits per heavy atom. The molecule has 8 atom stereocenters. The fourth-order valence-corrected chi connectivity index (χ4v) is 11.2.